The molecular formula is C18H16N4O2. The topological polar surface area (TPSA) is 74.1 Å². The van der Waals surface area contributed by atoms with Gasteiger partial charge in [-0.2, -0.15) is 0 Å². The molecule has 2 aromatic rings. The molecule has 0 saturated heterocycles. The number of fused-ring (bicyclic) bond motifs is 1. The molecular weight excluding hydrogens is 304 g/mol. The van der Waals surface area contributed by atoms with Gasteiger partial charge < -0.3 is 5.32 Å². The fraction of sp³-hybridized carbons (Fsp3) is 0.111. The van der Waals surface area contributed by atoms with Crippen molar-refractivity contribution in [2.75, 3.05) is 11.9 Å². The van der Waals surface area contributed by atoms with E-state index in [9.17, 15) is 9.70 Å². The van der Waals surface area contributed by atoms with Crippen LogP contribution in [0.25, 0.3) is 6.08 Å². The average Bonchev–Trinajstić information content (AvgIpc) is 2.65. The quantitative estimate of drug-likeness (QED) is 0.525. The number of hydrogen-bond donors (Lipinski definition) is 1. The van der Waals surface area contributed by atoms with Crippen LogP contribution in [-0.2, 0) is 6.54 Å². The summed E-state index contributed by atoms with van der Waals surface area (Å²) in [4.78, 5) is 29.2. The molecule has 1 aliphatic heterocycles. The van der Waals surface area contributed by atoms with E-state index in [1.165, 1.54) is 11.9 Å². The lowest BCUT2D eigenvalue weighted by Gasteiger charge is -2.21. The Morgan fingerprint density at radius 3 is 2.67 bits per heavy atom. The number of nitroso groups, excluding NO2 is 1. The van der Waals surface area contributed by atoms with E-state index in [-0.39, 0.29) is 11.9 Å². The number of amides is 1. The summed E-state index contributed by atoms with van der Waals surface area (Å²) < 4.78 is 0. The van der Waals surface area contributed by atoms with Crippen LogP contribution in [0.2, 0.25) is 0 Å². The molecule has 0 saturated carbocycles. The van der Waals surface area contributed by atoms with Gasteiger partial charge in [-0.1, -0.05) is 24.3 Å². The van der Waals surface area contributed by atoms with Crippen molar-refractivity contribution in [2.45, 2.75) is 6.54 Å². The van der Waals surface area contributed by atoms with Crippen LogP contribution in [0.3, 0.4) is 0 Å². The van der Waals surface area contributed by atoms with Crippen molar-refractivity contribution in [1.29, 1.82) is 0 Å². The first-order valence-electron chi connectivity index (χ1n) is 7.47. The van der Waals surface area contributed by atoms with Gasteiger partial charge >= 0.3 is 0 Å². The first-order chi connectivity index (χ1) is 11.7. The number of para-hydroxylation sites is 1. The van der Waals surface area contributed by atoms with Crippen molar-refractivity contribution in [3.8, 4) is 0 Å². The number of anilines is 1. The van der Waals surface area contributed by atoms with E-state index in [4.69, 9.17) is 0 Å². The molecule has 0 fully saturated rings. The van der Waals surface area contributed by atoms with E-state index in [2.05, 4.69) is 15.5 Å². The number of nitrogens with zero attached hydrogens (tertiary/aromatic N) is 3. The molecule has 1 N–H and O–H groups in total. The first kappa shape index (κ1) is 15.6. The summed E-state index contributed by atoms with van der Waals surface area (Å²) in [6, 6.07) is 14.3. The van der Waals surface area contributed by atoms with Gasteiger partial charge in [0.05, 0.1) is 5.69 Å². The number of carbonyl (C=O) groups is 1. The summed E-state index contributed by atoms with van der Waals surface area (Å²) in [7, 11) is 1.43. The lowest BCUT2D eigenvalue weighted by Crippen LogP contribution is -2.36. The van der Waals surface area contributed by atoms with Gasteiger partial charge in [0, 0.05) is 24.3 Å². The highest BCUT2D eigenvalue weighted by Crippen LogP contribution is 2.21. The SMILES string of the molecule is CN=C(N=O)N(C(=O)c1ccc2c(c1)CNC=C2)c1ccccc1. The van der Waals surface area contributed by atoms with Crippen molar-refractivity contribution in [1.82, 2.24) is 5.32 Å². The van der Waals surface area contributed by atoms with E-state index in [1.54, 1.807) is 30.3 Å². The first-order valence-corrected chi connectivity index (χ1v) is 7.47. The third-order valence-corrected chi connectivity index (χ3v) is 3.76. The molecule has 0 bridgehead atoms. The summed E-state index contributed by atoms with van der Waals surface area (Å²) in [6.07, 6.45) is 3.83. The summed E-state index contributed by atoms with van der Waals surface area (Å²) >= 11 is 0. The van der Waals surface area contributed by atoms with E-state index in [0.717, 1.165) is 11.1 Å². The Morgan fingerprint density at radius 1 is 1.17 bits per heavy atom. The zero-order valence-electron chi connectivity index (χ0n) is 13.1. The maximum Gasteiger partial charge on any atom is 0.274 e. The molecule has 3 rings (SSSR count). The van der Waals surface area contributed by atoms with E-state index >= 15 is 0 Å². The van der Waals surface area contributed by atoms with Gasteiger partial charge in [0.25, 0.3) is 11.9 Å². The van der Waals surface area contributed by atoms with E-state index in [0.29, 0.717) is 17.8 Å². The van der Waals surface area contributed by atoms with Crippen LogP contribution < -0.4 is 10.2 Å². The molecule has 120 valence electrons. The third kappa shape index (κ3) is 2.94. The summed E-state index contributed by atoms with van der Waals surface area (Å²) in [6.45, 7) is 0.652. The Balaban J connectivity index is 2.03. The normalized spacial score (nSPS) is 13.0. The van der Waals surface area contributed by atoms with Gasteiger partial charge in [0.1, 0.15) is 0 Å². The molecule has 0 aromatic heterocycles. The number of rotatable bonds is 2. The minimum Gasteiger partial charge on any atom is -0.387 e. The van der Waals surface area contributed by atoms with Crippen LogP contribution >= 0.6 is 0 Å². The largest absolute Gasteiger partial charge is 0.387 e. The van der Waals surface area contributed by atoms with E-state index in [1.807, 2.05) is 30.5 Å². The number of nitrogens with one attached hydrogen (secondary N) is 1. The van der Waals surface area contributed by atoms with Crippen molar-refractivity contribution < 1.29 is 4.79 Å². The molecule has 0 spiro atoms. The van der Waals surface area contributed by atoms with Gasteiger partial charge in [-0.3, -0.25) is 9.79 Å². The van der Waals surface area contributed by atoms with Gasteiger partial charge in [0.15, 0.2) is 0 Å². The second kappa shape index (κ2) is 6.87. The van der Waals surface area contributed by atoms with Crippen LogP contribution in [0.1, 0.15) is 21.5 Å². The number of aliphatic imine (C=N–C) groups is 1. The highest BCUT2D eigenvalue weighted by atomic mass is 16.3. The van der Waals surface area contributed by atoms with Crippen LogP contribution in [0.4, 0.5) is 5.69 Å². The predicted octanol–water partition coefficient (Wildman–Crippen LogP) is 3.16. The Labute approximate surface area is 139 Å². The molecule has 1 amide bonds. The fourth-order valence-electron chi connectivity index (χ4n) is 2.58. The zero-order valence-corrected chi connectivity index (χ0v) is 13.1. The molecule has 6 heteroatoms. The highest BCUT2D eigenvalue weighted by molar-refractivity contribution is 6.22. The molecule has 0 atom stereocenters. The summed E-state index contributed by atoms with van der Waals surface area (Å²) in [5.74, 6) is -0.527. The molecule has 1 aliphatic rings. The Bertz CT molecular complexity index is 828. The van der Waals surface area contributed by atoms with Crippen molar-refractivity contribution >= 4 is 23.6 Å². The average molecular weight is 320 g/mol. The maximum atomic E-state index is 13.0. The Morgan fingerprint density at radius 2 is 1.96 bits per heavy atom. The lowest BCUT2D eigenvalue weighted by molar-refractivity contribution is 0.100. The van der Waals surface area contributed by atoms with Gasteiger partial charge in [-0.05, 0) is 47.7 Å². The number of guanidine groups is 1. The molecule has 24 heavy (non-hydrogen) atoms. The third-order valence-electron chi connectivity index (χ3n) is 3.76. The van der Waals surface area contributed by atoms with Crippen LogP contribution in [0.5, 0.6) is 0 Å². The highest BCUT2D eigenvalue weighted by Gasteiger charge is 2.24. The van der Waals surface area contributed by atoms with Crippen LogP contribution in [0, 0.1) is 4.91 Å². The van der Waals surface area contributed by atoms with Crippen molar-refractivity contribution in [2.24, 2.45) is 10.2 Å². The monoisotopic (exact) mass is 320 g/mol. The Hall–Kier alpha value is -3.28. The molecule has 1 heterocycles. The molecule has 0 unspecified atom stereocenters. The van der Waals surface area contributed by atoms with Gasteiger partial charge in [0.2, 0.25) is 0 Å². The van der Waals surface area contributed by atoms with Gasteiger partial charge in [-0.15, -0.1) is 4.91 Å². The summed E-state index contributed by atoms with van der Waals surface area (Å²) in [5.41, 5.74) is 3.10. The second-order valence-electron chi connectivity index (χ2n) is 5.22. The second-order valence-corrected chi connectivity index (χ2v) is 5.22. The smallest absolute Gasteiger partial charge is 0.274 e. The molecule has 0 aliphatic carbocycles. The van der Waals surface area contributed by atoms with Crippen LogP contribution in [-0.4, -0.2) is 18.9 Å². The number of benzene rings is 2. The lowest BCUT2D eigenvalue weighted by atomic mass is 10.0. The Kier molecular flexibility index (Phi) is 4.47. The molecule has 0 radical (unpaired) electrons. The molecule has 6 nitrogen and oxygen atoms in total. The minimum atomic E-state index is -0.348. The zero-order chi connectivity index (χ0) is 16.9. The van der Waals surface area contributed by atoms with Crippen molar-refractivity contribution in [3.05, 3.63) is 76.3 Å². The van der Waals surface area contributed by atoms with Crippen LogP contribution in [0.15, 0.2) is 64.9 Å². The van der Waals surface area contributed by atoms with E-state index < -0.39 is 0 Å². The fourth-order valence-corrected chi connectivity index (χ4v) is 2.58. The van der Waals surface area contributed by atoms with Gasteiger partial charge in [-0.25, -0.2) is 4.90 Å². The summed E-state index contributed by atoms with van der Waals surface area (Å²) in [5, 5.41) is 6.01. The maximum absolute atomic E-state index is 13.0. The number of carbonyl (C=O) groups excluding carboxylic acids is 1. The van der Waals surface area contributed by atoms with Crippen molar-refractivity contribution in [3.63, 3.8) is 0 Å². The predicted molar refractivity (Wildman–Crippen MR) is 94.7 cm³/mol. The minimum absolute atomic E-state index is 0.179. The molecule has 2 aromatic carbocycles. The standard InChI is InChI=1S/C18H16N4O2/c1-19-18(21-24)22(16-5-3-2-4-6-16)17(23)14-8-7-13-9-10-20-12-15(13)11-14/h2-11,20H,12H2,1H3. The number of hydrogen-bond acceptors (Lipinski definition) is 4.